The van der Waals surface area contributed by atoms with Crippen LogP contribution >= 0.6 is 11.6 Å². The van der Waals surface area contributed by atoms with Crippen molar-refractivity contribution in [3.05, 3.63) is 69.7 Å². The lowest BCUT2D eigenvalue weighted by molar-refractivity contribution is 0.0948. The predicted octanol–water partition coefficient (Wildman–Crippen LogP) is 4.14. The van der Waals surface area contributed by atoms with E-state index in [1.165, 1.54) is 0 Å². The van der Waals surface area contributed by atoms with Crippen LogP contribution in [-0.2, 0) is 6.42 Å². The second-order valence-corrected chi connectivity index (χ2v) is 4.97. The number of benzene rings is 2. The lowest BCUT2D eigenvalue weighted by atomic mass is 9.74. The SMILES string of the molecule is O=C(c1cc(F)c(F)cc1Cl)C1Cc2ccccc21. The third kappa shape index (κ3) is 1.94. The van der Waals surface area contributed by atoms with Crippen LogP contribution in [0.2, 0.25) is 5.02 Å². The molecule has 0 saturated carbocycles. The second-order valence-electron chi connectivity index (χ2n) is 4.57. The minimum Gasteiger partial charge on any atom is -0.293 e. The van der Waals surface area contributed by atoms with E-state index >= 15 is 0 Å². The Morgan fingerprint density at radius 3 is 2.58 bits per heavy atom. The van der Waals surface area contributed by atoms with Crippen molar-refractivity contribution in [3.63, 3.8) is 0 Å². The van der Waals surface area contributed by atoms with Gasteiger partial charge in [-0.05, 0) is 29.7 Å². The van der Waals surface area contributed by atoms with Crippen molar-refractivity contribution in [3.8, 4) is 0 Å². The van der Waals surface area contributed by atoms with E-state index < -0.39 is 11.6 Å². The first kappa shape index (κ1) is 12.3. The van der Waals surface area contributed by atoms with Gasteiger partial charge in [0.15, 0.2) is 17.4 Å². The average molecular weight is 279 g/mol. The standard InChI is InChI=1S/C15H9ClF2O/c16-12-7-14(18)13(17)6-11(12)15(19)10-5-8-3-1-2-4-9(8)10/h1-4,6-7,10H,5H2. The Kier molecular flexibility index (Phi) is 2.86. The molecule has 19 heavy (non-hydrogen) atoms. The fourth-order valence-corrected chi connectivity index (χ4v) is 2.64. The summed E-state index contributed by atoms with van der Waals surface area (Å²) in [5.41, 5.74) is 2.09. The molecule has 1 aliphatic carbocycles. The van der Waals surface area contributed by atoms with Gasteiger partial charge in [0.05, 0.1) is 10.9 Å². The molecule has 0 aromatic heterocycles. The van der Waals surface area contributed by atoms with Crippen LogP contribution in [0.1, 0.15) is 27.4 Å². The summed E-state index contributed by atoms with van der Waals surface area (Å²) in [6.45, 7) is 0. The van der Waals surface area contributed by atoms with Crippen LogP contribution in [0, 0.1) is 11.6 Å². The van der Waals surface area contributed by atoms with Crippen molar-refractivity contribution in [1.82, 2.24) is 0 Å². The smallest absolute Gasteiger partial charge is 0.172 e. The number of halogens is 3. The predicted molar refractivity (Wildman–Crippen MR) is 68.6 cm³/mol. The third-order valence-corrected chi connectivity index (χ3v) is 3.76. The lowest BCUT2D eigenvalue weighted by Crippen LogP contribution is -2.25. The van der Waals surface area contributed by atoms with Crippen molar-refractivity contribution >= 4 is 17.4 Å². The quantitative estimate of drug-likeness (QED) is 0.596. The fourth-order valence-electron chi connectivity index (χ4n) is 2.39. The van der Waals surface area contributed by atoms with E-state index in [0.29, 0.717) is 6.42 Å². The molecular formula is C15H9ClF2O. The van der Waals surface area contributed by atoms with Crippen molar-refractivity contribution in [2.24, 2.45) is 0 Å². The van der Waals surface area contributed by atoms with Gasteiger partial charge in [-0.15, -0.1) is 0 Å². The first-order valence-electron chi connectivity index (χ1n) is 5.84. The van der Waals surface area contributed by atoms with Gasteiger partial charge >= 0.3 is 0 Å². The zero-order chi connectivity index (χ0) is 13.6. The normalized spacial score (nSPS) is 16.7. The van der Waals surface area contributed by atoms with E-state index in [0.717, 1.165) is 23.3 Å². The molecule has 0 aliphatic heterocycles. The van der Waals surface area contributed by atoms with Gasteiger partial charge in [0.25, 0.3) is 0 Å². The summed E-state index contributed by atoms with van der Waals surface area (Å²) in [7, 11) is 0. The van der Waals surface area contributed by atoms with E-state index in [1.54, 1.807) is 0 Å². The topological polar surface area (TPSA) is 17.1 Å². The van der Waals surface area contributed by atoms with Gasteiger partial charge < -0.3 is 0 Å². The van der Waals surface area contributed by atoms with Gasteiger partial charge in [-0.3, -0.25) is 4.79 Å². The van der Waals surface area contributed by atoms with E-state index in [1.807, 2.05) is 24.3 Å². The highest BCUT2D eigenvalue weighted by molar-refractivity contribution is 6.34. The second kappa shape index (κ2) is 4.42. The molecule has 4 heteroatoms. The summed E-state index contributed by atoms with van der Waals surface area (Å²) in [4.78, 5) is 12.3. The van der Waals surface area contributed by atoms with Crippen LogP contribution in [0.3, 0.4) is 0 Å². The number of ketones is 1. The van der Waals surface area contributed by atoms with Crippen molar-refractivity contribution in [2.45, 2.75) is 12.3 Å². The Morgan fingerprint density at radius 1 is 1.16 bits per heavy atom. The van der Waals surface area contributed by atoms with E-state index in [4.69, 9.17) is 11.6 Å². The summed E-state index contributed by atoms with van der Waals surface area (Å²) in [6.07, 6.45) is 0.615. The molecule has 0 amide bonds. The minimum absolute atomic E-state index is 0.0417. The third-order valence-electron chi connectivity index (χ3n) is 3.45. The molecule has 0 spiro atoms. The van der Waals surface area contributed by atoms with Gasteiger partial charge in [-0.1, -0.05) is 35.9 Å². The van der Waals surface area contributed by atoms with Crippen LogP contribution < -0.4 is 0 Å². The fraction of sp³-hybridized carbons (Fsp3) is 0.133. The highest BCUT2D eigenvalue weighted by atomic mass is 35.5. The number of hydrogen-bond acceptors (Lipinski definition) is 1. The monoisotopic (exact) mass is 278 g/mol. The lowest BCUT2D eigenvalue weighted by Gasteiger charge is -2.29. The molecular weight excluding hydrogens is 270 g/mol. The van der Waals surface area contributed by atoms with Crippen LogP contribution in [0.15, 0.2) is 36.4 Å². The van der Waals surface area contributed by atoms with Crippen LogP contribution in [0.25, 0.3) is 0 Å². The highest BCUT2D eigenvalue weighted by Gasteiger charge is 2.33. The maximum absolute atomic E-state index is 13.2. The molecule has 1 unspecified atom stereocenters. The van der Waals surface area contributed by atoms with Gasteiger partial charge in [-0.2, -0.15) is 0 Å². The zero-order valence-corrected chi connectivity index (χ0v) is 10.5. The zero-order valence-electron chi connectivity index (χ0n) is 9.79. The molecule has 0 heterocycles. The maximum Gasteiger partial charge on any atom is 0.172 e. The molecule has 0 fully saturated rings. The Hall–Kier alpha value is -1.74. The molecule has 2 aromatic rings. The number of fused-ring (bicyclic) bond motifs is 1. The molecule has 1 aliphatic rings. The molecule has 2 aromatic carbocycles. The summed E-state index contributed by atoms with van der Waals surface area (Å²) >= 11 is 5.82. The van der Waals surface area contributed by atoms with Crippen LogP contribution in [-0.4, -0.2) is 5.78 Å². The minimum atomic E-state index is -1.06. The highest BCUT2D eigenvalue weighted by Crippen LogP contribution is 2.38. The molecule has 96 valence electrons. The van der Waals surface area contributed by atoms with Crippen molar-refractivity contribution in [2.75, 3.05) is 0 Å². The first-order valence-corrected chi connectivity index (χ1v) is 6.22. The average Bonchev–Trinajstić information content (AvgIpc) is 2.35. The molecule has 1 nitrogen and oxygen atoms in total. The molecule has 0 saturated heterocycles. The number of Topliss-reactive ketones (excluding diaryl/α,β-unsaturated/α-hetero) is 1. The Morgan fingerprint density at radius 2 is 1.84 bits per heavy atom. The molecule has 0 radical (unpaired) electrons. The van der Waals surface area contributed by atoms with Gasteiger partial charge in [0, 0.05) is 5.56 Å². The van der Waals surface area contributed by atoms with Crippen molar-refractivity contribution in [1.29, 1.82) is 0 Å². The number of carbonyl (C=O) groups excluding carboxylic acids is 1. The van der Waals surface area contributed by atoms with E-state index in [2.05, 4.69) is 0 Å². The first-order chi connectivity index (χ1) is 9.08. The largest absolute Gasteiger partial charge is 0.293 e. The number of rotatable bonds is 2. The van der Waals surface area contributed by atoms with Crippen molar-refractivity contribution < 1.29 is 13.6 Å². The Bertz CT molecular complexity index is 682. The Labute approximate surface area is 113 Å². The van der Waals surface area contributed by atoms with Gasteiger partial charge in [-0.25, -0.2) is 8.78 Å². The van der Waals surface area contributed by atoms with Gasteiger partial charge in [0.1, 0.15) is 0 Å². The van der Waals surface area contributed by atoms with E-state index in [-0.39, 0.29) is 22.3 Å². The number of carbonyl (C=O) groups is 1. The molecule has 3 rings (SSSR count). The molecule has 0 bridgehead atoms. The van der Waals surface area contributed by atoms with E-state index in [9.17, 15) is 13.6 Å². The summed E-state index contributed by atoms with van der Waals surface area (Å²) < 4.78 is 26.2. The summed E-state index contributed by atoms with van der Waals surface area (Å²) in [6, 6.07) is 9.30. The van der Waals surface area contributed by atoms with Crippen LogP contribution in [0.5, 0.6) is 0 Å². The Balaban J connectivity index is 1.97. The van der Waals surface area contributed by atoms with Crippen LogP contribution in [0.4, 0.5) is 8.78 Å². The molecule has 1 atom stereocenters. The summed E-state index contributed by atoms with van der Waals surface area (Å²) in [5.74, 6) is -2.67. The number of hydrogen-bond donors (Lipinski definition) is 0. The molecule has 0 N–H and O–H groups in total. The summed E-state index contributed by atoms with van der Waals surface area (Å²) in [5, 5.41) is -0.0479. The van der Waals surface area contributed by atoms with Gasteiger partial charge in [0.2, 0.25) is 0 Å². The maximum atomic E-state index is 13.2.